The van der Waals surface area contributed by atoms with Gasteiger partial charge in [-0.25, -0.2) is 9.67 Å². The van der Waals surface area contributed by atoms with E-state index in [1.165, 1.54) is 10.7 Å². The number of carboxylic acids is 1. The van der Waals surface area contributed by atoms with Gasteiger partial charge < -0.3 is 14.6 Å². The third-order valence-electron chi connectivity index (χ3n) is 4.29. The molecule has 0 spiro atoms. The minimum Gasteiger partial charge on any atom is -0.493 e. The standard InChI is InChI=1S/C21H20F3N3O4/c1-2-30-20-15(9-10-31-17-6-4-3-5-14(17)11-19(28)29)13-27(26-20)18-8-7-16(12-25-18)21(22,23)24/h3-8,12-13H,2,9-11H2,1H3,(H,28,29). The third kappa shape index (κ3) is 5.74. The summed E-state index contributed by atoms with van der Waals surface area (Å²) in [5.74, 6) is 0.0548. The molecule has 3 aromatic rings. The van der Waals surface area contributed by atoms with Gasteiger partial charge in [0.2, 0.25) is 5.88 Å². The number of halogens is 3. The van der Waals surface area contributed by atoms with Crippen LogP contribution < -0.4 is 9.47 Å². The number of para-hydroxylation sites is 1. The number of carboxylic acid groups (broad SMARTS) is 1. The molecular formula is C21H20F3N3O4. The molecule has 0 saturated heterocycles. The average Bonchev–Trinajstić information content (AvgIpc) is 3.11. The van der Waals surface area contributed by atoms with Crippen molar-refractivity contribution in [2.45, 2.75) is 25.9 Å². The van der Waals surface area contributed by atoms with E-state index < -0.39 is 17.7 Å². The fourth-order valence-corrected chi connectivity index (χ4v) is 2.85. The van der Waals surface area contributed by atoms with E-state index >= 15 is 0 Å². The van der Waals surface area contributed by atoms with Gasteiger partial charge in [-0.3, -0.25) is 4.79 Å². The summed E-state index contributed by atoms with van der Waals surface area (Å²) in [6.07, 6.45) is -1.87. The maximum Gasteiger partial charge on any atom is 0.417 e. The summed E-state index contributed by atoms with van der Waals surface area (Å²) in [7, 11) is 0. The average molecular weight is 435 g/mol. The zero-order valence-electron chi connectivity index (χ0n) is 16.6. The van der Waals surface area contributed by atoms with Crippen LogP contribution in [0.5, 0.6) is 11.6 Å². The summed E-state index contributed by atoms with van der Waals surface area (Å²) in [4.78, 5) is 14.8. The van der Waals surface area contributed by atoms with E-state index in [9.17, 15) is 18.0 Å². The quantitative estimate of drug-likeness (QED) is 0.548. The summed E-state index contributed by atoms with van der Waals surface area (Å²) in [5.41, 5.74) is 0.394. The van der Waals surface area contributed by atoms with Crippen LogP contribution in [0.4, 0.5) is 13.2 Å². The highest BCUT2D eigenvalue weighted by Gasteiger charge is 2.30. The van der Waals surface area contributed by atoms with Crippen molar-refractivity contribution in [3.05, 3.63) is 65.5 Å². The van der Waals surface area contributed by atoms with Crippen molar-refractivity contribution in [3.8, 4) is 17.4 Å². The van der Waals surface area contributed by atoms with Gasteiger partial charge in [0.15, 0.2) is 5.82 Å². The van der Waals surface area contributed by atoms with Crippen LogP contribution in [0.3, 0.4) is 0 Å². The van der Waals surface area contributed by atoms with E-state index in [1.54, 1.807) is 37.4 Å². The Kier molecular flexibility index (Phi) is 6.78. The van der Waals surface area contributed by atoms with Crippen molar-refractivity contribution in [2.24, 2.45) is 0 Å². The van der Waals surface area contributed by atoms with E-state index in [2.05, 4.69) is 10.1 Å². The zero-order chi connectivity index (χ0) is 22.4. The van der Waals surface area contributed by atoms with Crippen LogP contribution in [0.1, 0.15) is 23.6 Å². The Hall–Kier alpha value is -3.56. The van der Waals surface area contributed by atoms with Crippen molar-refractivity contribution in [1.29, 1.82) is 0 Å². The second kappa shape index (κ2) is 9.50. The maximum absolute atomic E-state index is 12.7. The second-order valence-corrected chi connectivity index (χ2v) is 6.52. The van der Waals surface area contributed by atoms with Crippen LogP contribution in [-0.4, -0.2) is 39.1 Å². The molecule has 3 rings (SSSR count). The van der Waals surface area contributed by atoms with Gasteiger partial charge in [-0.1, -0.05) is 18.2 Å². The van der Waals surface area contributed by atoms with Crippen LogP contribution in [0.25, 0.3) is 5.82 Å². The Morgan fingerprint density at radius 3 is 2.55 bits per heavy atom. The molecule has 0 amide bonds. The number of aliphatic carboxylic acids is 1. The van der Waals surface area contributed by atoms with Crippen molar-refractivity contribution >= 4 is 5.97 Å². The minimum atomic E-state index is -4.47. The first kappa shape index (κ1) is 22.1. The second-order valence-electron chi connectivity index (χ2n) is 6.52. The van der Waals surface area contributed by atoms with E-state index in [0.29, 0.717) is 35.8 Å². The van der Waals surface area contributed by atoms with Gasteiger partial charge in [0.25, 0.3) is 0 Å². The molecule has 0 aliphatic carbocycles. The molecule has 164 valence electrons. The van der Waals surface area contributed by atoms with E-state index in [0.717, 1.165) is 12.3 Å². The topological polar surface area (TPSA) is 86.5 Å². The molecule has 2 heterocycles. The van der Waals surface area contributed by atoms with Crippen molar-refractivity contribution in [1.82, 2.24) is 14.8 Å². The highest BCUT2D eigenvalue weighted by molar-refractivity contribution is 5.71. The number of nitrogens with zero attached hydrogens (tertiary/aromatic N) is 3. The lowest BCUT2D eigenvalue weighted by Crippen LogP contribution is -2.07. The molecule has 1 aromatic carbocycles. The summed E-state index contributed by atoms with van der Waals surface area (Å²) in [5, 5.41) is 13.3. The van der Waals surface area contributed by atoms with Gasteiger partial charge in [0.1, 0.15) is 5.75 Å². The normalized spacial score (nSPS) is 11.4. The van der Waals surface area contributed by atoms with Crippen LogP contribution in [0.2, 0.25) is 0 Å². The predicted octanol–water partition coefficient (Wildman–Crippen LogP) is 3.93. The molecule has 0 unspecified atom stereocenters. The predicted molar refractivity (Wildman–Crippen MR) is 105 cm³/mol. The third-order valence-corrected chi connectivity index (χ3v) is 4.29. The number of pyridine rings is 1. The highest BCUT2D eigenvalue weighted by atomic mass is 19.4. The number of rotatable bonds is 9. The van der Waals surface area contributed by atoms with Gasteiger partial charge in [0.05, 0.1) is 25.2 Å². The van der Waals surface area contributed by atoms with Crippen molar-refractivity contribution < 1.29 is 32.5 Å². The highest BCUT2D eigenvalue weighted by Crippen LogP contribution is 2.29. The number of benzene rings is 1. The molecular weight excluding hydrogens is 415 g/mol. The molecule has 10 heteroatoms. The number of alkyl halides is 3. The first-order chi connectivity index (χ1) is 14.8. The fourth-order valence-electron chi connectivity index (χ4n) is 2.85. The molecule has 0 atom stereocenters. The molecule has 31 heavy (non-hydrogen) atoms. The summed E-state index contributed by atoms with van der Waals surface area (Å²) in [6, 6.07) is 9.03. The van der Waals surface area contributed by atoms with Crippen molar-refractivity contribution in [2.75, 3.05) is 13.2 Å². The smallest absolute Gasteiger partial charge is 0.417 e. The van der Waals surface area contributed by atoms with E-state index in [4.69, 9.17) is 14.6 Å². The Balaban J connectivity index is 1.73. The molecule has 7 nitrogen and oxygen atoms in total. The van der Waals surface area contributed by atoms with E-state index in [-0.39, 0.29) is 18.8 Å². The minimum absolute atomic E-state index is 0.155. The lowest BCUT2D eigenvalue weighted by Gasteiger charge is -2.10. The lowest BCUT2D eigenvalue weighted by atomic mass is 10.1. The van der Waals surface area contributed by atoms with Gasteiger partial charge in [-0.05, 0) is 25.1 Å². The Labute approximate surface area is 176 Å². The van der Waals surface area contributed by atoms with Gasteiger partial charge >= 0.3 is 12.1 Å². The van der Waals surface area contributed by atoms with Gasteiger partial charge in [-0.15, -0.1) is 5.10 Å². The number of hydrogen-bond donors (Lipinski definition) is 1. The summed E-state index contributed by atoms with van der Waals surface area (Å²) in [6.45, 7) is 2.37. The Morgan fingerprint density at radius 2 is 1.90 bits per heavy atom. The fraction of sp³-hybridized carbons (Fsp3) is 0.286. The Bertz CT molecular complexity index is 1030. The van der Waals surface area contributed by atoms with E-state index in [1.807, 2.05) is 0 Å². The molecule has 0 aliphatic rings. The van der Waals surface area contributed by atoms with Crippen LogP contribution in [0, 0.1) is 0 Å². The Morgan fingerprint density at radius 1 is 1.13 bits per heavy atom. The van der Waals surface area contributed by atoms with Crippen LogP contribution in [-0.2, 0) is 23.8 Å². The molecule has 0 radical (unpaired) electrons. The monoisotopic (exact) mass is 435 g/mol. The molecule has 0 aliphatic heterocycles. The van der Waals surface area contributed by atoms with Crippen LogP contribution in [0.15, 0.2) is 48.8 Å². The molecule has 2 aromatic heterocycles. The number of ether oxygens (including phenoxy) is 2. The molecule has 1 N–H and O–H groups in total. The summed E-state index contributed by atoms with van der Waals surface area (Å²) < 4.78 is 50.8. The van der Waals surface area contributed by atoms with Gasteiger partial charge in [-0.2, -0.15) is 13.2 Å². The molecule has 0 saturated carbocycles. The largest absolute Gasteiger partial charge is 0.493 e. The maximum atomic E-state index is 12.7. The lowest BCUT2D eigenvalue weighted by molar-refractivity contribution is -0.138. The zero-order valence-corrected chi connectivity index (χ0v) is 16.6. The van der Waals surface area contributed by atoms with Gasteiger partial charge in [0, 0.05) is 29.9 Å². The first-order valence-electron chi connectivity index (χ1n) is 9.45. The number of carbonyl (C=O) groups is 1. The molecule has 0 fully saturated rings. The van der Waals surface area contributed by atoms with Crippen molar-refractivity contribution in [3.63, 3.8) is 0 Å². The number of aromatic nitrogens is 3. The first-order valence-corrected chi connectivity index (χ1v) is 9.45. The SMILES string of the molecule is CCOc1nn(-c2ccc(C(F)(F)F)cn2)cc1CCOc1ccccc1CC(=O)O. The number of hydrogen-bond acceptors (Lipinski definition) is 5. The van der Waals surface area contributed by atoms with Crippen LogP contribution >= 0.6 is 0 Å². The summed E-state index contributed by atoms with van der Waals surface area (Å²) >= 11 is 0. The molecule has 0 bridgehead atoms.